The average molecular weight is 275 g/mol. The highest BCUT2D eigenvalue weighted by atomic mass is 19.1. The minimum Gasteiger partial charge on any atom is -0.318 e. The lowest BCUT2D eigenvalue weighted by atomic mass is 9.81. The normalized spacial score (nSPS) is 14.2. The third kappa shape index (κ3) is 2.59. The van der Waals surface area contributed by atoms with Crippen LogP contribution in [0.25, 0.3) is 0 Å². The lowest BCUT2D eigenvalue weighted by Crippen LogP contribution is -2.35. The zero-order valence-corrected chi connectivity index (χ0v) is 12.2. The summed E-state index contributed by atoms with van der Waals surface area (Å²) in [6.45, 7) is 7.77. The second-order valence-corrected chi connectivity index (χ2v) is 5.61. The second-order valence-electron chi connectivity index (χ2n) is 5.61. The molecule has 0 radical (unpaired) electrons. The van der Waals surface area contributed by atoms with Crippen LogP contribution in [-0.4, -0.2) is 0 Å². The van der Waals surface area contributed by atoms with Crippen molar-refractivity contribution in [3.05, 3.63) is 69.8 Å². The summed E-state index contributed by atoms with van der Waals surface area (Å²) in [5.41, 5.74) is 10.1. The van der Waals surface area contributed by atoms with E-state index in [1.54, 1.807) is 6.92 Å². The van der Waals surface area contributed by atoms with Gasteiger partial charge in [0.05, 0.1) is 5.54 Å². The molecule has 2 N–H and O–H groups in total. The maximum atomic E-state index is 13.4. The van der Waals surface area contributed by atoms with Gasteiger partial charge in [-0.3, -0.25) is 0 Å². The van der Waals surface area contributed by atoms with Crippen LogP contribution >= 0.6 is 0 Å². The van der Waals surface area contributed by atoms with Gasteiger partial charge >= 0.3 is 0 Å². The highest BCUT2D eigenvalue weighted by Gasteiger charge is 2.27. The number of halogens is 2. The van der Waals surface area contributed by atoms with Crippen molar-refractivity contribution in [3.8, 4) is 0 Å². The molecule has 0 fully saturated rings. The highest BCUT2D eigenvalue weighted by Crippen LogP contribution is 2.31. The van der Waals surface area contributed by atoms with E-state index in [1.165, 1.54) is 17.7 Å². The van der Waals surface area contributed by atoms with Crippen LogP contribution in [0.4, 0.5) is 8.78 Å². The first-order valence-corrected chi connectivity index (χ1v) is 6.55. The van der Waals surface area contributed by atoms with Crippen LogP contribution in [0.5, 0.6) is 0 Å². The van der Waals surface area contributed by atoms with E-state index in [0.29, 0.717) is 5.56 Å². The van der Waals surface area contributed by atoms with Crippen molar-refractivity contribution in [3.63, 3.8) is 0 Å². The zero-order valence-electron chi connectivity index (χ0n) is 12.2. The molecule has 1 atom stereocenters. The molecule has 2 rings (SSSR count). The molecule has 0 aromatic heterocycles. The van der Waals surface area contributed by atoms with Gasteiger partial charge in [-0.1, -0.05) is 12.1 Å². The molecule has 0 saturated carbocycles. The summed E-state index contributed by atoms with van der Waals surface area (Å²) in [5, 5.41) is 0. The van der Waals surface area contributed by atoms with Gasteiger partial charge in [-0.15, -0.1) is 0 Å². The number of benzene rings is 2. The third-order valence-electron chi connectivity index (χ3n) is 3.86. The Morgan fingerprint density at radius 2 is 1.30 bits per heavy atom. The predicted octanol–water partition coefficient (Wildman–Crippen LogP) is 4.11. The largest absolute Gasteiger partial charge is 0.318 e. The van der Waals surface area contributed by atoms with Crippen molar-refractivity contribution in [2.24, 2.45) is 5.73 Å². The molecule has 0 heterocycles. The van der Waals surface area contributed by atoms with Crippen LogP contribution < -0.4 is 5.73 Å². The Morgan fingerprint density at radius 3 is 1.85 bits per heavy atom. The van der Waals surface area contributed by atoms with Crippen molar-refractivity contribution in [2.75, 3.05) is 0 Å². The minimum absolute atomic E-state index is 0.432. The first kappa shape index (κ1) is 14.7. The van der Waals surface area contributed by atoms with Gasteiger partial charge in [-0.25, -0.2) is 8.78 Å². The molecule has 0 amide bonds. The summed E-state index contributed by atoms with van der Waals surface area (Å²) in [6.07, 6.45) is 0. The van der Waals surface area contributed by atoms with E-state index in [4.69, 9.17) is 5.73 Å². The molecule has 0 saturated heterocycles. The van der Waals surface area contributed by atoms with E-state index in [2.05, 4.69) is 0 Å². The predicted molar refractivity (Wildman–Crippen MR) is 77.7 cm³/mol. The number of hydrogen-bond donors (Lipinski definition) is 1. The summed E-state index contributed by atoms with van der Waals surface area (Å²) in [5.74, 6) is -1.23. The first-order chi connectivity index (χ1) is 9.21. The fraction of sp³-hybridized carbons (Fsp3) is 0.294. The van der Waals surface area contributed by atoms with E-state index in [-0.39, 0.29) is 0 Å². The number of aryl methyl sites for hydroxylation is 3. The SMILES string of the molecule is Cc1cc(C)c(C(C)(N)c2cc(F)cc(F)c2)cc1C. The maximum Gasteiger partial charge on any atom is 0.126 e. The van der Waals surface area contributed by atoms with Crippen molar-refractivity contribution >= 4 is 0 Å². The quantitative estimate of drug-likeness (QED) is 0.877. The zero-order chi connectivity index (χ0) is 15.1. The maximum absolute atomic E-state index is 13.4. The number of nitrogens with two attached hydrogens (primary N) is 1. The molecule has 2 aromatic carbocycles. The Bertz CT molecular complexity index is 640. The summed E-state index contributed by atoms with van der Waals surface area (Å²) < 4.78 is 26.8. The van der Waals surface area contributed by atoms with Gasteiger partial charge in [0.15, 0.2) is 0 Å². The minimum atomic E-state index is -0.939. The van der Waals surface area contributed by atoms with E-state index in [9.17, 15) is 8.78 Å². The summed E-state index contributed by atoms with van der Waals surface area (Å²) in [6, 6.07) is 7.47. The van der Waals surface area contributed by atoms with Crippen molar-refractivity contribution < 1.29 is 8.78 Å². The van der Waals surface area contributed by atoms with E-state index in [0.717, 1.165) is 22.8 Å². The summed E-state index contributed by atoms with van der Waals surface area (Å²) >= 11 is 0. The van der Waals surface area contributed by atoms with Gasteiger partial charge in [-0.2, -0.15) is 0 Å². The lowest BCUT2D eigenvalue weighted by Gasteiger charge is -2.28. The topological polar surface area (TPSA) is 26.0 Å². The average Bonchev–Trinajstić information content (AvgIpc) is 2.32. The fourth-order valence-corrected chi connectivity index (χ4v) is 2.53. The Kier molecular flexibility index (Phi) is 3.65. The van der Waals surface area contributed by atoms with Crippen molar-refractivity contribution in [1.82, 2.24) is 0 Å². The Balaban J connectivity index is 2.62. The molecule has 3 heteroatoms. The molecule has 0 bridgehead atoms. The fourth-order valence-electron chi connectivity index (χ4n) is 2.53. The first-order valence-electron chi connectivity index (χ1n) is 6.55. The van der Waals surface area contributed by atoms with Gasteiger partial charge < -0.3 is 5.73 Å². The number of hydrogen-bond acceptors (Lipinski definition) is 1. The molecule has 1 unspecified atom stereocenters. The van der Waals surface area contributed by atoms with Gasteiger partial charge in [-0.05, 0) is 67.6 Å². The molecule has 0 aliphatic rings. The Labute approximate surface area is 118 Å². The van der Waals surface area contributed by atoms with E-state index >= 15 is 0 Å². The van der Waals surface area contributed by atoms with Crippen molar-refractivity contribution in [1.29, 1.82) is 0 Å². The molecule has 106 valence electrons. The molecule has 20 heavy (non-hydrogen) atoms. The van der Waals surface area contributed by atoms with Crippen LogP contribution in [0, 0.1) is 32.4 Å². The molecule has 2 aromatic rings. The van der Waals surface area contributed by atoms with Gasteiger partial charge in [0.2, 0.25) is 0 Å². The summed E-state index contributed by atoms with van der Waals surface area (Å²) in [7, 11) is 0. The Morgan fingerprint density at radius 1 is 0.800 bits per heavy atom. The van der Waals surface area contributed by atoms with Crippen LogP contribution in [-0.2, 0) is 5.54 Å². The van der Waals surface area contributed by atoms with Crippen LogP contribution in [0.15, 0.2) is 30.3 Å². The molecule has 0 spiro atoms. The molecule has 1 nitrogen and oxygen atoms in total. The lowest BCUT2D eigenvalue weighted by molar-refractivity contribution is 0.549. The second kappa shape index (κ2) is 4.98. The monoisotopic (exact) mass is 275 g/mol. The molecule has 0 aliphatic heterocycles. The van der Waals surface area contributed by atoms with Crippen LogP contribution in [0.1, 0.15) is 34.7 Å². The van der Waals surface area contributed by atoms with Crippen LogP contribution in [0.3, 0.4) is 0 Å². The molecule has 0 aliphatic carbocycles. The van der Waals surface area contributed by atoms with Crippen molar-refractivity contribution in [2.45, 2.75) is 33.2 Å². The van der Waals surface area contributed by atoms with Gasteiger partial charge in [0.25, 0.3) is 0 Å². The summed E-state index contributed by atoms with van der Waals surface area (Å²) in [4.78, 5) is 0. The van der Waals surface area contributed by atoms with E-state index < -0.39 is 17.2 Å². The Hall–Kier alpha value is -1.74. The molecular weight excluding hydrogens is 256 g/mol. The van der Waals surface area contributed by atoms with Crippen LogP contribution in [0.2, 0.25) is 0 Å². The van der Waals surface area contributed by atoms with Gasteiger partial charge in [0.1, 0.15) is 11.6 Å². The number of rotatable bonds is 2. The van der Waals surface area contributed by atoms with Gasteiger partial charge in [0, 0.05) is 6.07 Å². The third-order valence-corrected chi connectivity index (χ3v) is 3.86. The standard InChI is InChI=1S/C17H19F2N/c1-10-5-12(3)16(6-11(10)2)17(4,20)13-7-14(18)9-15(19)8-13/h5-9H,20H2,1-4H3. The smallest absolute Gasteiger partial charge is 0.126 e. The highest BCUT2D eigenvalue weighted by molar-refractivity contribution is 5.45. The molecular formula is C17H19F2N. The van der Waals surface area contributed by atoms with E-state index in [1.807, 2.05) is 32.9 Å².